The molecule has 0 aliphatic carbocycles. The van der Waals surface area contributed by atoms with Gasteiger partial charge in [0.05, 0.1) is 24.6 Å². The summed E-state index contributed by atoms with van der Waals surface area (Å²) in [7, 11) is 0. The van der Waals surface area contributed by atoms with Crippen molar-refractivity contribution in [2.75, 3.05) is 37.4 Å². The standard InChI is InChI=1S/C13H18N6O/c14-10-1-2-12(13(5-10)19-8-17-18-9-19)16-6-11-7-20-4-3-15-11/h1-2,5,8-9,11,15-16H,3-4,6-7,14H2. The van der Waals surface area contributed by atoms with Gasteiger partial charge in [0.25, 0.3) is 0 Å². The van der Waals surface area contributed by atoms with Gasteiger partial charge in [0.1, 0.15) is 12.7 Å². The van der Waals surface area contributed by atoms with Crippen molar-refractivity contribution >= 4 is 11.4 Å². The van der Waals surface area contributed by atoms with Gasteiger partial charge in [-0.1, -0.05) is 0 Å². The Labute approximate surface area is 117 Å². The predicted octanol–water partition coefficient (Wildman–Crippen LogP) is 0.250. The molecule has 0 spiro atoms. The van der Waals surface area contributed by atoms with Gasteiger partial charge in [0, 0.05) is 24.8 Å². The average Bonchev–Trinajstić information content (AvgIpc) is 3.01. The van der Waals surface area contributed by atoms with Gasteiger partial charge < -0.3 is 21.1 Å². The fraction of sp³-hybridized carbons (Fsp3) is 0.385. The zero-order valence-electron chi connectivity index (χ0n) is 11.1. The van der Waals surface area contributed by atoms with Crippen molar-refractivity contribution in [3.8, 4) is 5.69 Å². The van der Waals surface area contributed by atoms with Crippen molar-refractivity contribution in [1.82, 2.24) is 20.1 Å². The van der Waals surface area contributed by atoms with E-state index in [-0.39, 0.29) is 0 Å². The molecular weight excluding hydrogens is 256 g/mol. The van der Waals surface area contributed by atoms with Gasteiger partial charge in [-0.15, -0.1) is 10.2 Å². The molecule has 7 nitrogen and oxygen atoms in total. The van der Waals surface area contributed by atoms with Crippen molar-refractivity contribution in [2.24, 2.45) is 0 Å². The molecule has 2 heterocycles. The summed E-state index contributed by atoms with van der Waals surface area (Å²) >= 11 is 0. The molecule has 20 heavy (non-hydrogen) atoms. The molecule has 0 bridgehead atoms. The van der Waals surface area contributed by atoms with E-state index in [0.717, 1.165) is 37.7 Å². The first-order valence-electron chi connectivity index (χ1n) is 6.62. The second-order valence-electron chi connectivity index (χ2n) is 4.75. The monoisotopic (exact) mass is 274 g/mol. The van der Waals surface area contributed by atoms with Crippen molar-refractivity contribution in [3.63, 3.8) is 0 Å². The molecule has 2 aromatic rings. The number of benzene rings is 1. The van der Waals surface area contributed by atoms with Crippen LogP contribution in [-0.4, -0.2) is 47.1 Å². The van der Waals surface area contributed by atoms with Gasteiger partial charge in [-0.05, 0) is 18.2 Å². The molecule has 1 aromatic heterocycles. The van der Waals surface area contributed by atoms with Crippen molar-refractivity contribution in [1.29, 1.82) is 0 Å². The highest BCUT2D eigenvalue weighted by Crippen LogP contribution is 2.22. The average molecular weight is 274 g/mol. The van der Waals surface area contributed by atoms with E-state index >= 15 is 0 Å². The smallest absolute Gasteiger partial charge is 0.123 e. The Balaban J connectivity index is 1.75. The molecule has 0 amide bonds. The Kier molecular flexibility index (Phi) is 3.80. The molecule has 1 aliphatic heterocycles. The molecular formula is C13H18N6O. The number of nitrogens with two attached hydrogens (primary N) is 1. The zero-order valence-corrected chi connectivity index (χ0v) is 11.1. The summed E-state index contributed by atoms with van der Waals surface area (Å²) in [6.07, 6.45) is 3.31. The third-order valence-corrected chi connectivity index (χ3v) is 3.26. The Morgan fingerprint density at radius 3 is 3.00 bits per heavy atom. The molecule has 3 rings (SSSR count). The molecule has 0 radical (unpaired) electrons. The number of nitrogens with one attached hydrogen (secondary N) is 2. The number of hydrogen-bond acceptors (Lipinski definition) is 6. The van der Waals surface area contributed by atoms with E-state index in [1.165, 1.54) is 0 Å². The molecule has 106 valence electrons. The number of anilines is 2. The number of morpholine rings is 1. The van der Waals surface area contributed by atoms with E-state index in [4.69, 9.17) is 10.5 Å². The van der Waals surface area contributed by atoms with Gasteiger partial charge in [0.15, 0.2) is 0 Å². The highest BCUT2D eigenvalue weighted by atomic mass is 16.5. The van der Waals surface area contributed by atoms with Crippen LogP contribution in [0.1, 0.15) is 0 Å². The minimum atomic E-state index is 0.315. The quantitative estimate of drug-likeness (QED) is 0.692. The lowest BCUT2D eigenvalue weighted by Gasteiger charge is -2.25. The number of nitrogens with zero attached hydrogens (tertiary/aromatic N) is 3. The minimum absolute atomic E-state index is 0.315. The zero-order chi connectivity index (χ0) is 13.8. The topological polar surface area (TPSA) is 90.0 Å². The van der Waals surface area contributed by atoms with Gasteiger partial charge in [-0.3, -0.25) is 4.57 Å². The van der Waals surface area contributed by atoms with Gasteiger partial charge >= 0.3 is 0 Å². The van der Waals surface area contributed by atoms with Crippen LogP contribution in [0, 0.1) is 0 Å². The third kappa shape index (κ3) is 2.89. The molecule has 1 saturated heterocycles. The largest absolute Gasteiger partial charge is 0.399 e. The van der Waals surface area contributed by atoms with Crippen LogP contribution in [0.5, 0.6) is 0 Å². The Morgan fingerprint density at radius 1 is 1.40 bits per heavy atom. The van der Waals surface area contributed by atoms with Crippen LogP contribution < -0.4 is 16.4 Å². The lowest BCUT2D eigenvalue weighted by Crippen LogP contribution is -2.45. The van der Waals surface area contributed by atoms with E-state index in [0.29, 0.717) is 11.7 Å². The third-order valence-electron chi connectivity index (χ3n) is 3.26. The number of aromatic nitrogens is 3. The van der Waals surface area contributed by atoms with Crippen LogP contribution in [-0.2, 0) is 4.74 Å². The Bertz CT molecular complexity index is 550. The Hall–Kier alpha value is -2.12. The SMILES string of the molecule is Nc1ccc(NCC2COCCN2)c(-n2cnnc2)c1. The minimum Gasteiger partial charge on any atom is -0.399 e. The predicted molar refractivity (Wildman–Crippen MR) is 76.9 cm³/mol. The summed E-state index contributed by atoms with van der Waals surface area (Å²) in [4.78, 5) is 0. The van der Waals surface area contributed by atoms with Crippen LogP contribution in [0.25, 0.3) is 5.69 Å². The van der Waals surface area contributed by atoms with Gasteiger partial charge in [0.2, 0.25) is 0 Å². The van der Waals surface area contributed by atoms with Crippen LogP contribution in [0.2, 0.25) is 0 Å². The second kappa shape index (κ2) is 5.89. The molecule has 1 aromatic carbocycles. The number of rotatable bonds is 4. The highest BCUT2D eigenvalue weighted by molar-refractivity contribution is 5.66. The maximum atomic E-state index is 5.86. The lowest BCUT2D eigenvalue weighted by atomic mass is 10.2. The molecule has 1 aliphatic rings. The summed E-state index contributed by atoms with van der Waals surface area (Å²) in [6, 6.07) is 6.06. The molecule has 1 atom stereocenters. The Morgan fingerprint density at radius 2 is 2.25 bits per heavy atom. The maximum absolute atomic E-state index is 5.86. The lowest BCUT2D eigenvalue weighted by molar-refractivity contribution is 0.0806. The summed E-state index contributed by atoms with van der Waals surface area (Å²) in [5.41, 5.74) is 8.49. The van der Waals surface area contributed by atoms with Crippen LogP contribution in [0.15, 0.2) is 30.9 Å². The maximum Gasteiger partial charge on any atom is 0.123 e. The number of ether oxygens (including phenoxy) is 1. The first-order chi connectivity index (χ1) is 9.83. The normalized spacial score (nSPS) is 18.9. The summed E-state index contributed by atoms with van der Waals surface area (Å²) in [5, 5.41) is 14.5. The second-order valence-corrected chi connectivity index (χ2v) is 4.75. The molecule has 7 heteroatoms. The molecule has 4 N–H and O–H groups in total. The van der Waals surface area contributed by atoms with E-state index in [1.54, 1.807) is 12.7 Å². The van der Waals surface area contributed by atoms with Crippen LogP contribution in [0.4, 0.5) is 11.4 Å². The number of nitrogen functional groups attached to an aromatic ring is 1. The highest BCUT2D eigenvalue weighted by Gasteiger charge is 2.13. The molecule has 1 unspecified atom stereocenters. The fourth-order valence-electron chi connectivity index (χ4n) is 2.22. The van der Waals surface area contributed by atoms with Crippen molar-refractivity contribution in [2.45, 2.75) is 6.04 Å². The molecule has 1 fully saturated rings. The van der Waals surface area contributed by atoms with Crippen molar-refractivity contribution in [3.05, 3.63) is 30.9 Å². The molecule has 0 saturated carbocycles. The van der Waals surface area contributed by atoms with Gasteiger partial charge in [-0.25, -0.2) is 0 Å². The van der Waals surface area contributed by atoms with E-state index in [2.05, 4.69) is 20.8 Å². The van der Waals surface area contributed by atoms with E-state index < -0.39 is 0 Å². The van der Waals surface area contributed by atoms with Crippen LogP contribution in [0.3, 0.4) is 0 Å². The summed E-state index contributed by atoms with van der Waals surface area (Å²) < 4.78 is 7.28. The van der Waals surface area contributed by atoms with Crippen molar-refractivity contribution < 1.29 is 4.74 Å². The number of hydrogen-bond donors (Lipinski definition) is 3. The summed E-state index contributed by atoms with van der Waals surface area (Å²) in [6.45, 7) is 3.19. The van der Waals surface area contributed by atoms with Crippen LogP contribution >= 0.6 is 0 Å². The summed E-state index contributed by atoms with van der Waals surface area (Å²) in [5.74, 6) is 0. The first kappa shape index (κ1) is 12.9. The van der Waals surface area contributed by atoms with E-state index in [1.807, 2.05) is 22.8 Å². The van der Waals surface area contributed by atoms with Gasteiger partial charge in [-0.2, -0.15) is 0 Å². The van der Waals surface area contributed by atoms with E-state index in [9.17, 15) is 0 Å². The first-order valence-corrected chi connectivity index (χ1v) is 6.62. The fourth-order valence-corrected chi connectivity index (χ4v) is 2.22.